The first-order valence-corrected chi connectivity index (χ1v) is 11.8. The minimum absolute atomic E-state index is 0.715. The van der Waals surface area contributed by atoms with E-state index in [1.54, 1.807) is 0 Å². The SMILES string of the molecule is CCCCCCCCCCCCn1ccc(CCC)c1.CS(=O)(=O)O. The summed E-state index contributed by atoms with van der Waals surface area (Å²) in [5.41, 5.74) is 1.50. The smallest absolute Gasteiger partial charge is 0.261 e. The van der Waals surface area contributed by atoms with Gasteiger partial charge in [-0.25, -0.2) is 0 Å². The maximum Gasteiger partial charge on any atom is 0.261 e. The van der Waals surface area contributed by atoms with Crippen molar-refractivity contribution < 1.29 is 13.0 Å². The van der Waals surface area contributed by atoms with Gasteiger partial charge in [0.2, 0.25) is 0 Å². The van der Waals surface area contributed by atoms with Crippen LogP contribution in [0.4, 0.5) is 0 Å². The summed E-state index contributed by atoms with van der Waals surface area (Å²) in [5.74, 6) is 0. The second-order valence-electron chi connectivity index (χ2n) is 6.92. The Labute approximate surface area is 155 Å². The molecule has 4 nitrogen and oxygen atoms in total. The number of rotatable bonds is 13. The Hall–Kier alpha value is -0.810. The van der Waals surface area contributed by atoms with Crippen molar-refractivity contribution in [2.75, 3.05) is 6.26 Å². The average molecular weight is 374 g/mol. The molecule has 148 valence electrons. The molecule has 0 spiro atoms. The molecule has 25 heavy (non-hydrogen) atoms. The predicted molar refractivity (Wildman–Crippen MR) is 108 cm³/mol. The maximum absolute atomic E-state index is 9.19. The van der Waals surface area contributed by atoms with E-state index >= 15 is 0 Å². The molecule has 1 aromatic heterocycles. The number of nitrogens with zero attached hydrogens (tertiary/aromatic N) is 1. The van der Waals surface area contributed by atoms with Crippen LogP contribution in [0.2, 0.25) is 0 Å². The largest absolute Gasteiger partial charge is 0.354 e. The van der Waals surface area contributed by atoms with Crippen LogP contribution in [-0.4, -0.2) is 23.8 Å². The van der Waals surface area contributed by atoms with Gasteiger partial charge in [0, 0.05) is 18.9 Å². The van der Waals surface area contributed by atoms with E-state index in [0.717, 1.165) is 0 Å². The van der Waals surface area contributed by atoms with Crippen molar-refractivity contribution in [3.8, 4) is 0 Å². The first-order valence-electron chi connectivity index (χ1n) is 9.94. The lowest BCUT2D eigenvalue weighted by Crippen LogP contribution is -1.94. The van der Waals surface area contributed by atoms with E-state index in [-0.39, 0.29) is 0 Å². The zero-order chi connectivity index (χ0) is 19.0. The highest BCUT2D eigenvalue weighted by molar-refractivity contribution is 7.85. The Morgan fingerprint density at radius 2 is 1.36 bits per heavy atom. The van der Waals surface area contributed by atoms with E-state index in [4.69, 9.17) is 4.55 Å². The van der Waals surface area contributed by atoms with Crippen LogP contribution in [0.25, 0.3) is 0 Å². The van der Waals surface area contributed by atoms with Gasteiger partial charge in [-0.1, -0.05) is 78.1 Å². The predicted octanol–water partition coefficient (Wildman–Crippen LogP) is 5.87. The Morgan fingerprint density at radius 1 is 0.880 bits per heavy atom. The third-order valence-corrected chi connectivity index (χ3v) is 4.12. The van der Waals surface area contributed by atoms with Crippen LogP contribution in [-0.2, 0) is 23.1 Å². The Morgan fingerprint density at radius 3 is 1.84 bits per heavy atom. The van der Waals surface area contributed by atoms with Crippen LogP contribution in [0.1, 0.15) is 90.0 Å². The molecule has 1 N–H and O–H groups in total. The third-order valence-electron chi connectivity index (χ3n) is 4.12. The van der Waals surface area contributed by atoms with Crippen molar-refractivity contribution in [3.05, 3.63) is 24.0 Å². The van der Waals surface area contributed by atoms with Crippen molar-refractivity contribution in [1.82, 2.24) is 4.57 Å². The molecule has 5 heteroatoms. The topological polar surface area (TPSA) is 59.3 Å². The molecule has 0 aliphatic heterocycles. The van der Waals surface area contributed by atoms with Crippen LogP contribution < -0.4 is 0 Å². The molecular formula is C20H39NO3S. The summed E-state index contributed by atoms with van der Waals surface area (Å²) in [6, 6.07) is 2.28. The molecule has 1 aromatic rings. The van der Waals surface area contributed by atoms with E-state index in [1.165, 1.54) is 89.2 Å². The molecular weight excluding hydrogens is 334 g/mol. The Kier molecular flexibility index (Phi) is 14.9. The third kappa shape index (κ3) is 19.4. The highest BCUT2D eigenvalue weighted by Gasteiger charge is 1.96. The number of hydrogen-bond acceptors (Lipinski definition) is 2. The first-order chi connectivity index (χ1) is 11.9. The minimum atomic E-state index is -3.67. The quantitative estimate of drug-likeness (QED) is 0.348. The molecule has 0 saturated carbocycles. The monoisotopic (exact) mass is 373 g/mol. The number of aromatic nitrogens is 1. The molecule has 0 amide bonds. The average Bonchev–Trinajstić information content (AvgIpc) is 2.95. The molecule has 0 aromatic carbocycles. The normalized spacial score (nSPS) is 11.2. The molecule has 0 aliphatic rings. The molecule has 0 unspecified atom stereocenters. The zero-order valence-electron chi connectivity index (χ0n) is 16.5. The summed E-state index contributed by atoms with van der Waals surface area (Å²) in [6.07, 6.45) is 22.0. The number of hydrogen-bond donors (Lipinski definition) is 1. The summed E-state index contributed by atoms with van der Waals surface area (Å²) in [4.78, 5) is 0. The van der Waals surface area contributed by atoms with E-state index in [1.807, 2.05) is 0 Å². The number of unbranched alkanes of at least 4 members (excludes halogenated alkanes) is 9. The molecule has 1 rings (SSSR count). The van der Waals surface area contributed by atoms with Gasteiger partial charge in [-0.2, -0.15) is 8.42 Å². The van der Waals surface area contributed by atoms with Gasteiger partial charge in [-0.15, -0.1) is 0 Å². The van der Waals surface area contributed by atoms with E-state index in [9.17, 15) is 8.42 Å². The molecule has 0 saturated heterocycles. The molecule has 0 radical (unpaired) electrons. The molecule has 0 bridgehead atoms. The van der Waals surface area contributed by atoms with Crippen molar-refractivity contribution in [1.29, 1.82) is 0 Å². The van der Waals surface area contributed by atoms with Crippen molar-refractivity contribution in [2.24, 2.45) is 0 Å². The fraction of sp³-hybridized carbons (Fsp3) is 0.800. The van der Waals surface area contributed by atoms with E-state index < -0.39 is 10.1 Å². The van der Waals surface area contributed by atoms with Gasteiger partial charge in [0.15, 0.2) is 0 Å². The van der Waals surface area contributed by atoms with Crippen molar-refractivity contribution in [3.63, 3.8) is 0 Å². The van der Waals surface area contributed by atoms with Gasteiger partial charge in [0.05, 0.1) is 6.26 Å². The van der Waals surface area contributed by atoms with Crippen LogP contribution >= 0.6 is 0 Å². The van der Waals surface area contributed by atoms with Gasteiger partial charge < -0.3 is 4.57 Å². The lowest BCUT2D eigenvalue weighted by Gasteiger charge is -2.04. The Balaban J connectivity index is 0.00000101. The van der Waals surface area contributed by atoms with Crippen LogP contribution in [0.15, 0.2) is 18.5 Å². The second-order valence-corrected chi connectivity index (χ2v) is 8.39. The van der Waals surface area contributed by atoms with E-state index in [2.05, 4.69) is 36.9 Å². The highest BCUT2D eigenvalue weighted by Crippen LogP contribution is 2.11. The lowest BCUT2D eigenvalue weighted by molar-refractivity contribution is 0.490. The van der Waals surface area contributed by atoms with Crippen molar-refractivity contribution >= 4 is 10.1 Å². The second kappa shape index (κ2) is 15.4. The van der Waals surface area contributed by atoms with Crippen LogP contribution in [0.3, 0.4) is 0 Å². The molecule has 1 heterocycles. The van der Waals surface area contributed by atoms with Gasteiger partial charge in [-0.3, -0.25) is 4.55 Å². The summed E-state index contributed by atoms with van der Waals surface area (Å²) < 4.78 is 28.2. The van der Waals surface area contributed by atoms with Gasteiger partial charge in [0.25, 0.3) is 10.1 Å². The fourth-order valence-electron chi connectivity index (χ4n) is 2.85. The first kappa shape index (κ1) is 24.2. The fourth-order valence-corrected chi connectivity index (χ4v) is 2.85. The van der Waals surface area contributed by atoms with E-state index in [0.29, 0.717) is 6.26 Å². The lowest BCUT2D eigenvalue weighted by atomic mass is 10.1. The summed E-state index contributed by atoms with van der Waals surface area (Å²) >= 11 is 0. The summed E-state index contributed by atoms with van der Waals surface area (Å²) in [5, 5.41) is 0. The molecule has 0 aliphatic carbocycles. The zero-order valence-corrected chi connectivity index (χ0v) is 17.4. The van der Waals surface area contributed by atoms with Gasteiger partial charge in [0.1, 0.15) is 0 Å². The van der Waals surface area contributed by atoms with Gasteiger partial charge >= 0.3 is 0 Å². The summed E-state index contributed by atoms with van der Waals surface area (Å²) in [6.45, 7) is 5.75. The standard InChI is InChI=1S/C19H35N.CH4O3S/c1-3-5-6-7-8-9-10-11-12-13-16-20-17-15-19(18-20)14-4-2;1-5(2,3)4/h15,17-18H,3-14,16H2,1-2H3;1H3,(H,2,3,4). The van der Waals surface area contributed by atoms with Crippen LogP contribution in [0, 0.1) is 0 Å². The highest BCUT2D eigenvalue weighted by atomic mass is 32.2. The maximum atomic E-state index is 9.19. The number of aryl methyl sites for hydroxylation is 2. The molecule has 0 fully saturated rings. The van der Waals surface area contributed by atoms with Crippen LogP contribution in [0.5, 0.6) is 0 Å². The summed E-state index contributed by atoms with van der Waals surface area (Å²) in [7, 11) is -3.67. The van der Waals surface area contributed by atoms with Crippen molar-refractivity contribution in [2.45, 2.75) is 97.4 Å². The molecule has 0 atom stereocenters. The van der Waals surface area contributed by atoms with Gasteiger partial charge in [-0.05, 0) is 24.5 Å². The Bertz CT molecular complexity index is 501. The minimum Gasteiger partial charge on any atom is -0.354 e.